The SMILES string of the molecule is CCOC(=O)C1=C(C)N=C(C)C(C#N)C1c1cccc2c(=O)cc(-c3ccccc3)sc12. The normalized spacial score (nSPS) is 18.2. The van der Waals surface area contributed by atoms with Crippen molar-refractivity contribution in [1.82, 2.24) is 0 Å². The summed E-state index contributed by atoms with van der Waals surface area (Å²) in [5.74, 6) is -1.68. The largest absolute Gasteiger partial charge is 0.463 e. The zero-order chi connectivity index (χ0) is 22.8. The number of aliphatic imine (C=N–C) groups is 1. The van der Waals surface area contributed by atoms with Gasteiger partial charge in [0.2, 0.25) is 0 Å². The number of nitriles is 1. The fourth-order valence-corrected chi connectivity index (χ4v) is 5.43. The molecule has 2 heterocycles. The molecule has 1 aliphatic heterocycles. The number of fused-ring (bicyclic) bond motifs is 1. The first-order valence-corrected chi connectivity index (χ1v) is 11.2. The van der Waals surface area contributed by atoms with Crippen molar-refractivity contribution in [3.05, 3.63) is 81.7 Å². The molecule has 160 valence electrons. The molecule has 1 aliphatic rings. The van der Waals surface area contributed by atoms with Gasteiger partial charge < -0.3 is 4.74 Å². The summed E-state index contributed by atoms with van der Waals surface area (Å²) >= 11 is 1.49. The van der Waals surface area contributed by atoms with Crippen LogP contribution < -0.4 is 5.43 Å². The maximum absolute atomic E-state index is 13.0. The molecule has 0 saturated carbocycles. The topological polar surface area (TPSA) is 79.5 Å². The Morgan fingerprint density at radius 1 is 1.16 bits per heavy atom. The first-order valence-electron chi connectivity index (χ1n) is 10.4. The van der Waals surface area contributed by atoms with Gasteiger partial charge in [-0.25, -0.2) is 4.79 Å². The van der Waals surface area contributed by atoms with Crippen LogP contribution in [-0.4, -0.2) is 18.3 Å². The van der Waals surface area contributed by atoms with Gasteiger partial charge in [0.25, 0.3) is 0 Å². The van der Waals surface area contributed by atoms with Crippen LogP contribution in [0.25, 0.3) is 20.5 Å². The second-order valence-corrected chi connectivity index (χ2v) is 8.67. The number of ether oxygens (including phenoxy) is 1. The molecule has 0 aliphatic carbocycles. The van der Waals surface area contributed by atoms with Crippen LogP contribution in [0.1, 0.15) is 32.3 Å². The van der Waals surface area contributed by atoms with Crippen molar-refractivity contribution in [3.8, 4) is 16.5 Å². The lowest BCUT2D eigenvalue weighted by Crippen LogP contribution is -2.29. The lowest BCUT2D eigenvalue weighted by molar-refractivity contribution is -0.139. The maximum atomic E-state index is 13.0. The highest BCUT2D eigenvalue weighted by atomic mass is 32.1. The highest BCUT2D eigenvalue weighted by molar-refractivity contribution is 7.21. The smallest absolute Gasteiger partial charge is 0.336 e. The molecule has 32 heavy (non-hydrogen) atoms. The second kappa shape index (κ2) is 8.89. The summed E-state index contributed by atoms with van der Waals surface area (Å²) in [6, 6.07) is 19.2. The molecule has 0 fully saturated rings. The zero-order valence-electron chi connectivity index (χ0n) is 18.1. The van der Waals surface area contributed by atoms with Crippen molar-refractivity contribution in [2.75, 3.05) is 6.61 Å². The number of carbonyl (C=O) groups excluding carboxylic acids is 1. The van der Waals surface area contributed by atoms with E-state index >= 15 is 0 Å². The summed E-state index contributed by atoms with van der Waals surface area (Å²) in [6.07, 6.45) is 0. The third kappa shape index (κ3) is 3.76. The molecule has 0 amide bonds. The summed E-state index contributed by atoms with van der Waals surface area (Å²) < 4.78 is 6.10. The molecule has 0 bridgehead atoms. The highest BCUT2D eigenvalue weighted by Gasteiger charge is 2.38. The van der Waals surface area contributed by atoms with Crippen molar-refractivity contribution in [2.45, 2.75) is 26.7 Å². The van der Waals surface area contributed by atoms with E-state index in [-0.39, 0.29) is 12.0 Å². The van der Waals surface area contributed by atoms with E-state index in [1.165, 1.54) is 11.3 Å². The van der Waals surface area contributed by atoms with Crippen molar-refractivity contribution in [2.24, 2.45) is 10.9 Å². The fraction of sp³-hybridized carbons (Fsp3) is 0.231. The van der Waals surface area contributed by atoms with E-state index in [1.807, 2.05) is 42.5 Å². The van der Waals surface area contributed by atoms with Crippen LogP contribution in [0, 0.1) is 17.2 Å². The van der Waals surface area contributed by atoms with Crippen LogP contribution in [0.4, 0.5) is 0 Å². The van der Waals surface area contributed by atoms with Crippen LogP contribution >= 0.6 is 11.3 Å². The summed E-state index contributed by atoms with van der Waals surface area (Å²) in [7, 11) is 0. The highest BCUT2D eigenvalue weighted by Crippen LogP contribution is 2.43. The molecule has 0 saturated heterocycles. The van der Waals surface area contributed by atoms with Gasteiger partial charge >= 0.3 is 5.97 Å². The Hall–Kier alpha value is -3.56. The minimum Gasteiger partial charge on any atom is -0.463 e. The van der Waals surface area contributed by atoms with E-state index in [0.29, 0.717) is 22.4 Å². The van der Waals surface area contributed by atoms with E-state index < -0.39 is 17.8 Å². The Morgan fingerprint density at radius 2 is 1.91 bits per heavy atom. The molecule has 3 aromatic rings. The number of allylic oxidation sites excluding steroid dienone is 1. The van der Waals surface area contributed by atoms with E-state index in [0.717, 1.165) is 20.7 Å². The van der Waals surface area contributed by atoms with Crippen molar-refractivity contribution < 1.29 is 9.53 Å². The van der Waals surface area contributed by atoms with Crippen molar-refractivity contribution in [1.29, 1.82) is 5.26 Å². The number of rotatable bonds is 4. The molecule has 4 rings (SSSR count). The van der Waals surface area contributed by atoms with Gasteiger partial charge in [-0.05, 0) is 38.0 Å². The Morgan fingerprint density at radius 3 is 2.59 bits per heavy atom. The quantitative estimate of drug-likeness (QED) is 0.502. The van der Waals surface area contributed by atoms with Crippen molar-refractivity contribution >= 4 is 33.1 Å². The summed E-state index contributed by atoms with van der Waals surface area (Å²) in [4.78, 5) is 31.3. The minimum atomic E-state index is -0.633. The van der Waals surface area contributed by atoms with Crippen LogP contribution in [0.3, 0.4) is 0 Å². The predicted octanol–water partition coefficient (Wildman–Crippen LogP) is 5.46. The van der Waals surface area contributed by atoms with Crippen LogP contribution in [-0.2, 0) is 9.53 Å². The number of carbonyl (C=O) groups is 1. The number of nitrogens with zero attached hydrogens (tertiary/aromatic N) is 2. The Balaban J connectivity index is 2.01. The second-order valence-electron chi connectivity index (χ2n) is 7.62. The summed E-state index contributed by atoms with van der Waals surface area (Å²) in [6.45, 7) is 5.54. The van der Waals surface area contributed by atoms with E-state index in [9.17, 15) is 14.9 Å². The predicted molar refractivity (Wildman–Crippen MR) is 128 cm³/mol. The van der Waals surface area contributed by atoms with E-state index in [2.05, 4.69) is 11.1 Å². The summed E-state index contributed by atoms with van der Waals surface area (Å²) in [5, 5.41) is 10.6. The molecular formula is C26H22N2O3S. The fourth-order valence-electron chi connectivity index (χ4n) is 4.20. The van der Waals surface area contributed by atoms with Crippen LogP contribution in [0.2, 0.25) is 0 Å². The first kappa shape index (κ1) is 21.7. The molecule has 2 aromatic carbocycles. The Kier molecular flexibility index (Phi) is 6.02. The Bertz CT molecular complexity index is 1360. The van der Waals surface area contributed by atoms with Gasteiger partial charge in [-0.3, -0.25) is 9.79 Å². The van der Waals surface area contributed by atoms with Gasteiger partial charge in [-0.15, -0.1) is 11.3 Å². The molecule has 2 atom stereocenters. The van der Waals surface area contributed by atoms with Crippen molar-refractivity contribution in [3.63, 3.8) is 0 Å². The van der Waals surface area contributed by atoms with E-state index in [4.69, 9.17) is 4.74 Å². The lowest BCUT2D eigenvalue weighted by Gasteiger charge is -2.29. The minimum absolute atomic E-state index is 0.0902. The van der Waals surface area contributed by atoms with Gasteiger partial charge in [0.05, 0.1) is 24.2 Å². The molecular weight excluding hydrogens is 420 g/mol. The number of hydrogen-bond acceptors (Lipinski definition) is 6. The Labute approximate surface area is 190 Å². The van der Waals surface area contributed by atoms with Crippen LogP contribution in [0.5, 0.6) is 0 Å². The van der Waals surface area contributed by atoms with Gasteiger partial charge in [-0.2, -0.15) is 5.26 Å². The number of hydrogen-bond donors (Lipinski definition) is 0. The lowest BCUT2D eigenvalue weighted by atomic mass is 9.76. The molecule has 6 heteroatoms. The molecule has 0 N–H and O–H groups in total. The van der Waals surface area contributed by atoms with Gasteiger partial charge in [-0.1, -0.05) is 42.5 Å². The molecule has 5 nitrogen and oxygen atoms in total. The van der Waals surface area contributed by atoms with Crippen LogP contribution in [0.15, 0.2) is 75.7 Å². The molecule has 0 spiro atoms. The van der Waals surface area contributed by atoms with Gasteiger partial charge in [0.15, 0.2) is 5.43 Å². The summed E-state index contributed by atoms with van der Waals surface area (Å²) in [5.41, 5.74) is 3.19. The molecule has 1 aromatic heterocycles. The third-order valence-corrected chi connectivity index (χ3v) is 6.87. The first-order chi connectivity index (χ1) is 15.5. The average Bonchev–Trinajstić information content (AvgIpc) is 2.79. The van der Waals surface area contributed by atoms with E-state index in [1.54, 1.807) is 32.9 Å². The number of esters is 1. The number of benzene rings is 2. The van der Waals surface area contributed by atoms with Gasteiger partial charge in [0.1, 0.15) is 0 Å². The molecule has 2 unspecified atom stereocenters. The maximum Gasteiger partial charge on any atom is 0.336 e. The standard InChI is InChI=1S/C26H22N2O3S/c1-4-31-26(30)23-16(3)28-15(2)20(14-27)24(23)19-12-8-11-18-21(29)13-22(32-25(18)19)17-9-6-5-7-10-17/h5-13,20,24H,4H2,1-3H3. The molecule has 0 radical (unpaired) electrons. The van der Waals surface area contributed by atoms with Gasteiger partial charge in [0, 0.05) is 38.4 Å². The average molecular weight is 443 g/mol. The zero-order valence-corrected chi connectivity index (χ0v) is 18.9. The monoisotopic (exact) mass is 442 g/mol. The third-order valence-electron chi connectivity index (χ3n) is 5.64.